The number of hydrogen-bond acceptors (Lipinski definition) is 2. The number of benzene rings is 2. The Hall–Kier alpha value is -1.67. The molecule has 3 aromatic rings. The van der Waals surface area contributed by atoms with Gasteiger partial charge in [0.2, 0.25) is 0 Å². The molecule has 1 radical (unpaired) electrons. The van der Waals surface area contributed by atoms with Gasteiger partial charge >= 0.3 is 0 Å². The van der Waals surface area contributed by atoms with Crippen molar-refractivity contribution in [3.05, 3.63) is 53.5 Å². The molecule has 3 rings (SSSR count). The van der Waals surface area contributed by atoms with Gasteiger partial charge in [0.25, 0.3) is 0 Å². The Labute approximate surface area is 98.4 Å². The Balaban J connectivity index is 2.31. The Morgan fingerprint density at radius 2 is 1.94 bits per heavy atom. The minimum absolute atomic E-state index is 1.07. The van der Waals surface area contributed by atoms with Crippen LogP contribution in [-0.4, -0.2) is 4.98 Å². The van der Waals surface area contributed by atoms with Crippen LogP contribution in [0.25, 0.3) is 21.3 Å². The molecule has 0 atom stereocenters. The van der Waals surface area contributed by atoms with E-state index in [1.165, 1.54) is 10.3 Å². The van der Waals surface area contributed by atoms with E-state index in [0.29, 0.717) is 0 Å². The molecule has 0 aliphatic heterocycles. The topological polar surface area (TPSA) is 12.9 Å². The summed E-state index contributed by atoms with van der Waals surface area (Å²) < 4.78 is 1.23. The summed E-state index contributed by atoms with van der Waals surface area (Å²) in [6, 6.07) is 17.6. The summed E-state index contributed by atoms with van der Waals surface area (Å²) in [6.07, 6.45) is 0. The van der Waals surface area contributed by atoms with Crippen molar-refractivity contribution in [2.24, 2.45) is 0 Å². The molecule has 0 bridgehead atoms. The first-order valence-electron chi connectivity index (χ1n) is 5.18. The van der Waals surface area contributed by atoms with Crippen LogP contribution in [0.5, 0.6) is 0 Å². The van der Waals surface area contributed by atoms with Gasteiger partial charge in [0.15, 0.2) is 0 Å². The maximum Gasteiger partial charge on any atom is 0.0908 e. The predicted octanol–water partition coefficient (Wildman–Crippen LogP) is 4.07. The normalized spacial score (nSPS) is 10.8. The van der Waals surface area contributed by atoms with E-state index in [9.17, 15) is 0 Å². The first kappa shape index (κ1) is 9.55. The maximum absolute atomic E-state index is 4.58. The first-order valence-corrected chi connectivity index (χ1v) is 5.99. The van der Waals surface area contributed by atoms with E-state index in [0.717, 1.165) is 16.1 Å². The molecule has 0 N–H and O–H groups in total. The van der Waals surface area contributed by atoms with Crippen molar-refractivity contribution in [1.82, 2.24) is 4.98 Å². The Morgan fingerprint density at radius 3 is 2.75 bits per heavy atom. The molecule has 0 aliphatic rings. The van der Waals surface area contributed by atoms with E-state index in [1.54, 1.807) is 11.3 Å². The molecule has 16 heavy (non-hydrogen) atoms. The highest BCUT2D eigenvalue weighted by Gasteiger charge is 2.07. The first-order chi connectivity index (χ1) is 7.84. The zero-order valence-corrected chi connectivity index (χ0v) is 9.71. The Bertz CT molecular complexity index is 626. The molecule has 1 aromatic heterocycles. The highest BCUT2D eigenvalue weighted by molar-refractivity contribution is 7.18. The molecule has 0 amide bonds. The molecule has 0 saturated heterocycles. The van der Waals surface area contributed by atoms with E-state index in [-0.39, 0.29) is 0 Å². The monoisotopic (exact) mass is 224 g/mol. The second-order valence-corrected chi connectivity index (χ2v) is 4.90. The minimum atomic E-state index is 1.07. The molecule has 0 saturated carbocycles. The van der Waals surface area contributed by atoms with Crippen molar-refractivity contribution < 1.29 is 0 Å². The van der Waals surface area contributed by atoms with Crippen molar-refractivity contribution in [3.8, 4) is 11.1 Å². The number of fused-ring (bicyclic) bond motifs is 1. The average molecular weight is 224 g/mol. The fraction of sp³-hybridized carbons (Fsp3) is 0.0714. The Kier molecular flexibility index (Phi) is 2.22. The van der Waals surface area contributed by atoms with Crippen LogP contribution in [0.1, 0.15) is 5.01 Å². The molecule has 1 heterocycles. The molecule has 77 valence electrons. The van der Waals surface area contributed by atoms with Crippen molar-refractivity contribution >= 4 is 21.6 Å². The van der Waals surface area contributed by atoms with Crippen molar-refractivity contribution in [3.63, 3.8) is 0 Å². The van der Waals surface area contributed by atoms with Gasteiger partial charge in [-0.25, -0.2) is 4.98 Å². The molecule has 2 aromatic carbocycles. The van der Waals surface area contributed by atoms with E-state index < -0.39 is 0 Å². The van der Waals surface area contributed by atoms with Gasteiger partial charge in [0.1, 0.15) is 0 Å². The lowest BCUT2D eigenvalue weighted by atomic mass is 10.1. The number of nitrogens with zero attached hydrogens (tertiary/aromatic N) is 1. The summed E-state index contributed by atoms with van der Waals surface area (Å²) in [6.45, 7) is 2.04. The lowest BCUT2D eigenvalue weighted by Gasteiger charge is -2.00. The van der Waals surface area contributed by atoms with Crippen LogP contribution >= 0.6 is 11.3 Å². The third-order valence-electron chi connectivity index (χ3n) is 2.52. The predicted molar refractivity (Wildman–Crippen MR) is 68.6 cm³/mol. The van der Waals surface area contributed by atoms with Gasteiger partial charge in [0.05, 0.1) is 15.2 Å². The molecule has 1 nitrogen and oxygen atoms in total. The zero-order valence-electron chi connectivity index (χ0n) is 8.90. The summed E-state index contributed by atoms with van der Waals surface area (Å²) in [5, 5.41) is 1.10. The zero-order chi connectivity index (χ0) is 11.0. The summed E-state index contributed by atoms with van der Waals surface area (Å²) >= 11 is 1.73. The summed E-state index contributed by atoms with van der Waals surface area (Å²) in [5.41, 5.74) is 3.34. The summed E-state index contributed by atoms with van der Waals surface area (Å²) in [4.78, 5) is 4.58. The number of rotatable bonds is 1. The summed E-state index contributed by atoms with van der Waals surface area (Å²) in [5.74, 6) is 0. The fourth-order valence-corrected chi connectivity index (χ4v) is 2.66. The van der Waals surface area contributed by atoms with Crippen molar-refractivity contribution in [2.45, 2.75) is 6.92 Å². The quantitative estimate of drug-likeness (QED) is 0.607. The molecule has 0 fully saturated rings. The fourth-order valence-electron chi connectivity index (χ4n) is 1.83. The number of thiazole rings is 1. The van der Waals surface area contributed by atoms with Crippen LogP contribution < -0.4 is 0 Å². The molecular weight excluding hydrogens is 214 g/mol. The van der Waals surface area contributed by atoms with Crippen molar-refractivity contribution in [1.29, 1.82) is 0 Å². The number of hydrogen-bond donors (Lipinski definition) is 0. The van der Waals surface area contributed by atoms with Crippen LogP contribution in [-0.2, 0) is 0 Å². The lowest BCUT2D eigenvalue weighted by Crippen LogP contribution is -1.80. The third-order valence-corrected chi connectivity index (χ3v) is 3.46. The van der Waals surface area contributed by atoms with E-state index >= 15 is 0 Å². The Morgan fingerprint density at radius 1 is 1.12 bits per heavy atom. The SMILES string of the molecule is Cc1nc2c(-c3ccccc3)[c]ccc2s1. The van der Waals surface area contributed by atoms with E-state index in [4.69, 9.17) is 0 Å². The van der Waals surface area contributed by atoms with Crippen LogP contribution in [0.2, 0.25) is 0 Å². The summed E-state index contributed by atoms with van der Waals surface area (Å²) in [7, 11) is 0. The largest absolute Gasteiger partial charge is 0.241 e. The van der Waals surface area contributed by atoms with E-state index in [1.807, 2.05) is 31.2 Å². The second kappa shape index (κ2) is 3.72. The molecule has 0 spiro atoms. The van der Waals surface area contributed by atoms with Gasteiger partial charge in [0, 0.05) is 5.56 Å². The molecule has 0 unspecified atom stereocenters. The van der Waals surface area contributed by atoms with Gasteiger partial charge < -0.3 is 0 Å². The molecule has 2 heteroatoms. The van der Waals surface area contributed by atoms with Crippen LogP contribution in [0.3, 0.4) is 0 Å². The van der Waals surface area contributed by atoms with Gasteiger partial charge in [-0.15, -0.1) is 11.3 Å². The van der Waals surface area contributed by atoms with Crippen molar-refractivity contribution in [2.75, 3.05) is 0 Å². The van der Waals surface area contributed by atoms with Crippen LogP contribution in [0, 0.1) is 13.0 Å². The van der Waals surface area contributed by atoms with E-state index in [2.05, 4.69) is 29.2 Å². The highest BCUT2D eigenvalue weighted by Crippen LogP contribution is 2.30. The minimum Gasteiger partial charge on any atom is -0.241 e. The third kappa shape index (κ3) is 1.51. The van der Waals surface area contributed by atoms with Crippen LogP contribution in [0.4, 0.5) is 0 Å². The maximum atomic E-state index is 4.58. The van der Waals surface area contributed by atoms with Gasteiger partial charge in [-0.1, -0.05) is 36.4 Å². The number of aromatic nitrogens is 1. The molecular formula is C14H10NS. The second-order valence-electron chi connectivity index (χ2n) is 3.66. The van der Waals surface area contributed by atoms with Crippen LogP contribution in [0.15, 0.2) is 42.5 Å². The number of aryl methyl sites for hydroxylation is 1. The van der Waals surface area contributed by atoms with Gasteiger partial charge in [-0.05, 0) is 24.6 Å². The average Bonchev–Trinajstić information content (AvgIpc) is 2.70. The standard InChI is InChI=1S/C14H10NS/c1-10-15-14-12(8-5-9-13(14)16-10)11-6-3-2-4-7-11/h2-7,9H,1H3. The highest BCUT2D eigenvalue weighted by atomic mass is 32.1. The van der Waals surface area contributed by atoms with Gasteiger partial charge in [-0.2, -0.15) is 0 Å². The van der Waals surface area contributed by atoms with Gasteiger partial charge in [-0.3, -0.25) is 0 Å². The lowest BCUT2D eigenvalue weighted by molar-refractivity contribution is 1.35. The molecule has 0 aliphatic carbocycles. The smallest absolute Gasteiger partial charge is 0.0908 e.